The average Bonchev–Trinajstić information content (AvgIpc) is 3.31. The Balaban J connectivity index is 2.50. The number of allylic oxidation sites excluding steroid dienone is 18. The van der Waals surface area contributed by atoms with Crippen LogP contribution in [0.2, 0.25) is 0 Å². The van der Waals surface area contributed by atoms with E-state index in [1.54, 1.807) is 0 Å². The summed E-state index contributed by atoms with van der Waals surface area (Å²) >= 11 is 0. The van der Waals surface area contributed by atoms with Crippen LogP contribution in [0.4, 0.5) is 0 Å². The van der Waals surface area contributed by atoms with Gasteiger partial charge in [0.15, 0.2) is 12.4 Å². The highest BCUT2D eigenvalue weighted by Gasteiger charge is 2.46. The van der Waals surface area contributed by atoms with Crippen molar-refractivity contribution < 1.29 is 56.8 Å². The van der Waals surface area contributed by atoms with Crippen molar-refractivity contribution in [2.75, 3.05) is 19.0 Å². The fourth-order valence-corrected chi connectivity index (χ4v) is 7.58. The molecule has 1 heterocycles. The number of unbranched alkanes of at least 4 members (excludes halogenated alkanes) is 11. The SMILES string of the molecule is CCCCC/C=C/C/C=C/C/C=C/C/C=C/C/C=C/CCC(=O)OC[C@H](CO[C@H]1O[C@H](CS(=O)(=O)O)[C@@H](O)C(O)C1O)OC(=O)CCC/C=C/C/C=C/C/C=C/C/C=C/CCCCCCCCC. The normalized spacial score (nSPS) is 20.1. The van der Waals surface area contributed by atoms with E-state index in [0.717, 1.165) is 57.8 Å². The maximum absolute atomic E-state index is 12.8. The number of esters is 2. The molecule has 1 saturated heterocycles. The van der Waals surface area contributed by atoms with Gasteiger partial charge < -0.3 is 34.3 Å². The summed E-state index contributed by atoms with van der Waals surface area (Å²) in [5.74, 6) is -2.18. The van der Waals surface area contributed by atoms with Crippen LogP contribution >= 0.6 is 0 Å². The molecular weight excluding hydrogens is 885 g/mol. The predicted octanol–water partition coefficient (Wildman–Crippen LogP) is 11.6. The Labute approximate surface area is 410 Å². The Morgan fingerprint density at radius 1 is 0.500 bits per heavy atom. The van der Waals surface area contributed by atoms with Gasteiger partial charge in [-0.1, -0.05) is 175 Å². The zero-order valence-electron chi connectivity index (χ0n) is 41.4. The first-order chi connectivity index (χ1) is 33.0. The van der Waals surface area contributed by atoms with Crippen molar-refractivity contribution in [3.05, 3.63) is 109 Å². The number of rotatable bonds is 41. The molecule has 4 N–H and O–H groups in total. The number of ether oxygens (including phenoxy) is 4. The van der Waals surface area contributed by atoms with E-state index < -0.39 is 71.2 Å². The lowest BCUT2D eigenvalue weighted by Gasteiger charge is -2.40. The molecule has 1 aliphatic heterocycles. The van der Waals surface area contributed by atoms with Crippen molar-refractivity contribution in [1.29, 1.82) is 0 Å². The summed E-state index contributed by atoms with van der Waals surface area (Å²) in [4.78, 5) is 25.5. The molecule has 0 amide bonds. The summed E-state index contributed by atoms with van der Waals surface area (Å²) in [6.07, 6.45) is 51.5. The van der Waals surface area contributed by atoms with Gasteiger partial charge in [0.25, 0.3) is 10.1 Å². The summed E-state index contributed by atoms with van der Waals surface area (Å²) in [5.41, 5.74) is 0. The van der Waals surface area contributed by atoms with E-state index in [4.69, 9.17) is 18.9 Å². The van der Waals surface area contributed by atoms with Crippen LogP contribution in [-0.2, 0) is 38.7 Å². The number of carbonyl (C=O) groups excluding carboxylic acids is 2. The smallest absolute Gasteiger partial charge is 0.306 e. The monoisotopic (exact) mass is 973 g/mol. The van der Waals surface area contributed by atoms with Gasteiger partial charge in [-0.05, 0) is 89.9 Å². The highest BCUT2D eigenvalue weighted by atomic mass is 32.2. The second-order valence-electron chi connectivity index (χ2n) is 17.1. The van der Waals surface area contributed by atoms with Crippen LogP contribution in [0.15, 0.2) is 109 Å². The van der Waals surface area contributed by atoms with Crippen LogP contribution in [0.25, 0.3) is 0 Å². The van der Waals surface area contributed by atoms with Crippen LogP contribution in [0.1, 0.15) is 168 Å². The van der Waals surface area contributed by atoms with E-state index in [2.05, 4.69) is 98.9 Å². The van der Waals surface area contributed by atoms with E-state index in [-0.39, 0.29) is 19.4 Å². The van der Waals surface area contributed by atoms with Crippen LogP contribution in [0.3, 0.4) is 0 Å². The molecule has 1 fully saturated rings. The van der Waals surface area contributed by atoms with Gasteiger partial charge in [-0.25, -0.2) is 0 Å². The Morgan fingerprint density at radius 2 is 0.912 bits per heavy atom. The molecule has 0 bridgehead atoms. The summed E-state index contributed by atoms with van der Waals surface area (Å²) in [7, 11) is -4.63. The van der Waals surface area contributed by atoms with Crippen molar-refractivity contribution in [3.63, 3.8) is 0 Å². The Kier molecular flexibility index (Phi) is 39.7. The van der Waals surface area contributed by atoms with Crippen LogP contribution in [0.5, 0.6) is 0 Å². The fourth-order valence-electron chi connectivity index (χ4n) is 6.89. The Bertz CT molecular complexity index is 1660. The number of aliphatic hydroxyl groups is 3. The molecule has 0 aromatic carbocycles. The van der Waals surface area contributed by atoms with Crippen LogP contribution in [0, 0.1) is 0 Å². The third-order valence-corrected chi connectivity index (χ3v) is 11.6. The maximum atomic E-state index is 12.8. The molecule has 0 saturated carbocycles. The summed E-state index contributed by atoms with van der Waals surface area (Å²) in [5, 5.41) is 31.0. The first-order valence-corrected chi connectivity index (χ1v) is 27.1. The molecule has 1 rings (SSSR count). The molecule has 1 aliphatic rings. The van der Waals surface area contributed by atoms with Gasteiger partial charge in [-0.15, -0.1) is 0 Å². The number of hydrogen-bond acceptors (Lipinski definition) is 11. The molecule has 0 spiro atoms. The molecule has 386 valence electrons. The first-order valence-electron chi connectivity index (χ1n) is 25.4. The third kappa shape index (κ3) is 37.2. The molecule has 6 atom stereocenters. The highest BCUT2D eigenvalue weighted by molar-refractivity contribution is 7.85. The molecule has 0 radical (unpaired) electrons. The van der Waals surface area contributed by atoms with Gasteiger partial charge >= 0.3 is 11.9 Å². The minimum atomic E-state index is -4.63. The molecule has 68 heavy (non-hydrogen) atoms. The van der Waals surface area contributed by atoms with Crippen molar-refractivity contribution in [2.24, 2.45) is 0 Å². The van der Waals surface area contributed by atoms with Gasteiger partial charge in [-0.2, -0.15) is 8.42 Å². The largest absolute Gasteiger partial charge is 0.462 e. The molecule has 13 heteroatoms. The van der Waals surface area contributed by atoms with Crippen molar-refractivity contribution in [3.8, 4) is 0 Å². The van der Waals surface area contributed by atoms with Crippen LogP contribution in [-0.4, -0.2) is 96.0 Å². The topological polar surface area (TPSA) is 186 Å². The number of hydrogen-bond donors (Lipinski definition) is 4. The first kappa shape index (κ1) is 62.3. The van der Waals surface area contributed by atoms with Crippen molar-refractivity contribution in [2.45, 2.75) is 205 Å². The van der Waals surface area contributed by atoms with E-state index in [9.17, 15) is 37.9 Å². The molecule has 0 aliphatic carbocycles. The van der Waals surface area contributed by atoms with Gasteiger partial charge in [-0.3, -0.25) is 14.1 Å². The minimum absolute atomic E-state index is 0.0665. The molecule has 0 aromatic rings. The Hall–Kier alpha value is -3.69. The van der Waals surface area contributed by atoms with E-state index >= 15 is 0 Å². The molecular formula is C55H88O12S. The van der Waals surface area contributed by atoms with Crippen LogP contribution < -0.4 is 0 Å². The summed E-state index contributed by atoms with van der Waals surface area (Å²) < 4.78 is 54.1. The minimum Gasteiger partial charge on any atom is -0.462 e. The number of carbonyl (C=O) groups is 2. The van der Waals surface area contributed by atoms with E-state index in [0.29, 0.717) is 19.3 Å². The average molecular weight is 973 g/mol. The quantitative estimate of drug-likeness (QED) is 0.0197. The molecule has 0 aromatic heterocycles. The zero-order chi connectivity index (χ0) is 49.8. The van der Waals surface area contributed by atoms with E-state index in [1.807, 2.05) is 24.3 Å². The second-order valence-corrected chi connectivity index (χ2v) is 18.6. The zero-order valence-corrected chi connectivity index (χ0v) is 42.2. The van der Waals surface area contributed by atoms with Crippen molar-refractivity contribution >= 4 is 22.1 Å². The highest BCUT2D eigenvalue weighted by Crippen LogP contribution is 2.24. The van der Waals surface area contributed by atoms with Gasteiger partial charge in [0.1, 0.15) is 36.8 Å². The molecule has 12 nitrogen and oxygen atoms in total. The summed E-state index contributed by atoms with van der Waals surface area (Å²) in [6, 6.07) is 0. The third-order valence-electron chi connectivity index (χ3n) is 10.8. The van der Waals surface area contributed by atoms with Gasteiger partial charge in [0.05, 0.1) is 6.61 Å². The van der Waals surface area contributed by atoms with Gasteiger partial charge in [0, 0.05) is 12.8 Å². The van der Waals surface area contributed by atoms with E-state index in [1.165, 1.54) is 64.2 Å². The molecule has 2 unspecified atom stereocenters. The summed E-state index contributed by atoms with van der Waals surface area (Å²) in [6.45, 7) is 3.62. The lowest BCUT2D eigenvalue weighted by Crippen LogP contribution is -2.60. The lowest BCUT2D eigenvalue weighted by molar-refractivity contribution is -0.297. The number of aliphatic hydroxyl groups excluding tert-OH is 3. The predicted molar refractivity (Wildman–Crippen MR) is 274 cm³/mol. The standard InChI is InChI=1S/C55H88O12S/c1-3-5-7-9-11-13-15-17-19-21-23-24-26-28-30-32-34-36-38-40-42-44-51(57)66-48(46-65-55-54(60)53(59)52(58)49(67-55)47-68(61,62)63)45-64-50(56)43-41-39-37-35-33-31-29-27-25-22-20-18-16-14-12-10-8-6-4-2/h12,14,18-21,24-27,30-33,36-39,48-49,52-55,58-60H,3-11,13,15-17,22-23,28-29,34-35,40-47H2,1-2H3,(H,61,62,63)/b14-12+,20-18+,21-19+,26-24+,27-25+,32-30+,33-31+,38-36+,39-37+/t48-,49-,52-,53?,54?,55+/m1/s1. The second kappa shape index (κ2) is 43.3. The maximum Gasteiger partial charge on any atom is 0.306 e. The van der Waals surface area contributed by atoms with Gasteiger partial charge in [0.2, 0.25) is 0 Å². The lowest BCUT2D eigenvalue weighted by atomic mass is 10.00. The fraction of sp³-hybridized carbons (Fsp3) is 0.636. The Morgan fingerprint density at radius 3 is 1.40 bits per heavy atom. The van der Waals surface area contributed by atoms with Crippen molar-refractivity contribution in [1.82, 2.24) is 0 Å².